The zero-order valence-electron chi connectivity index (χ0n) is 16.9. The number of thiazole rings is 1. The summed E-state index contributed by atoms with van der Waals surface area (Å²) in [4.78, 5) is 18.9. The van der Waals surface area contributed by atoms with Gasteiger partial charge in [0.05, 0.1) is 16.5 Å². The third-order valence-corrected chi connectivity index (χ3v) is 6.44. The largest absolute Gasteiger partial charge is 0.494 e. The number of rotatable bonds is 7. The van der Waals surface area contributed by atoms with Crippen LogP contribution in [0.25, 0.3) is 10.4 Å². The van der Waals surface area contributed by atoms with Crippen molar-refractivity contribution in [1.82, 2.24) is 10.3 Å². The van der Waals surface area contributed by atoms with Gasteiger partial charge in [-0.2, -0.15) is 0 Å². The van der Waals surface area contributed by atoms with Gasteiger partial charge in [0.2, 0.25) is 0 Å². The highest BCUT2D eigenvalue weighted by atomic mass is 32.1. The molecule has 1 N–H and O–H groups in total. The maximum absolute atomic E-state index is 13.3. The standard InChI is InChI=1S/C24H25FN2O2S/c1-16-27-22(24(30-16)17-5-3-2-4-6-17)23(28)18-11-13-26-20(15-18)12-14-29-21-9-7-19(25)8-10-21/h2-10,18,20,26H,11-15H2,1H3. The van der Waals surface area contributed by atoms with E-state index in [-0.39, 0.29) is 23.6 Å². The van der Waals surface area contributed by atoms with E-state index in [1.54, 1.807) is 23.5 Å². The minimum absolute atomic E-state index is 0.0361. The molecule has 1 aromatic heterocycles. The SMILES string of the molecule is Cc1nc(C(=O)C2CCNC(CCOc3ccc(F)cc3)C2)c(-c2ccccc2)s1. The van der Waals surface area contributed by atoms with E-state index in [2.05, 4.69) is 10.3 Å². The van der Waals surface area contributed by atoms with Crippen LogP contribution in [0, 0.1) is 18.7 Å². The van der Waals surface area contributed by atoms with Crippen molar-refractivity contribution < 1.29 is 13.9 Å². The number of ether oxygens (including phenoxy) is 1. The molecule has 156 valence electrons. The van der Waals surface area contributed by atoms with Gasteiger partial charge in [-0.05, 0) is 62.6 Å². The number of hydrogen-bond donors (Lipinski definition) is 1. The third-order valence-electron chi connectivity index (χ3n) is 5.42. The molecule has 0 aliphatic carbocycles. The van der Waals surface area contributed by atoms with Crippen molar-refractivity contribution >= 4 is 17.1 Å². The first-order valence-electron chi connectivity index (χ1n) is 10.3. The highest BCUT2D eigenvalue weighted by Gasteiger charge is 2.30. The summed E-state index contributed by atoms with van der Waals surface area (Å²) in [6.45, 7) is 3.28. The fourth-order valence-corrected chi connectivity index (χ4v) is 4.82. The van der Waals surface area contributed by atoms with Gasteiger partial charge in [-0.3, -0.25) is 4.79 Å². The van der Waals surface area contributed by atoms with Crippen LogP contribution >= 0.6 is 11.3 Å². The van der Waals surface area contributed by atoms with Crippen LogP contribution in [-0.2, 0) is 0 Å². The van der Waals surface area contributed by atoms with Gasteiger partial charge >= 0.3 is 0 Å². The summed E-state index contributed by atoms with van der Waals surface area (Å²) in [6.07, 6.45) is 2.39. The van der Waals surface area contributed by atoms with Crippen LogP contribution in [0.4, 0.5) is 4.39 Å². The summed E-state index contributed by atoms with van der Waals surface area (Å²) in [5.41, 5.74) is 1.65. The van der Waals surface area contributed by atoms with Gasteiger partial charge in [-0.25, -0.2) is 9.37 Å². The Kier molecular flexibility index (Phi) is 6.55. The Morgan fingerprint density at radius 1 is 1.20 bits per heavy atom. The van der Waals surface area contributed by atoms with Crippen LogP contribution in [-0.4, -0.2) is 30.0 Å². The second-order valence-corrected chi connectivity index (χ2v) is 8.81. The molecule has 1 aliphatic rings. The predicted octanol–water partition coefficient (Wildman–Crippen LogP) is 5.28. The van der Waals surface area contributed by atoms with Crippen LogP contribution in [0.2, 0.25) is 0 Å². The number of carbonyl (C=O) groups excluding carboxylic acids is 1. The number of aromatic nitrogens is 1. The Hall–Kier alpha value is -2.57. The van der Waals surface area contributed by atoms with Crippen LogP contribution in [0.3, 0.4) is 0 Å². The Morgan fingerprint density at radius 3 is 2.73 bits per heavy atom. The highest BCUT2D eigenvalue weighted by Crippen LogP contribution is 2.33. The Balaban J connectivity index is 1.39. The Bertz CT molecular complexity index is 988. The zero-order valence-corrected chi connectivity index (χ0v) is 17.8. The molecule has 1 fully saturated rings. The van der Waals surface area contributed by atoms with Gasteiger partial charge in [-0.15, -0.1) is 11.3 Å². The van der Waals surface area contributed by atoms with Gasteiger partial charge in [0.25, 0.3) is 0 Å². The number of Topliss-reactive ketones (excluding diaryl/α,β-unsaturated/α-hetero) is 1. The van der Waals surface area contributed by atoms with Crippen molar-refractivity contribution in [3.8, 4) is 16.2 Å². The normalized spacial score (nSPS) is 18.9. The first kappa shape index (κ1) is 20.7. The lowest BCUT2D eigenvalue weighted by Gasteiger charge is -2.29. The average molecular weight is 425 g/mol. The van der Waals surface area contributed by atoms with Crippen molar-refractivity contribution in [3.05, 3.63) is 71.1 Å². The molecule has 0 saturated carbocycles. The number of ketones is 1. The van der Waals surface area contributed by atoms with E-state index in [4.69, 9.17) is 4.74 Å². The summed E-state index contributed by atoms with van der Waals surface area (Å²) in [6, 6.07) is 16.3. The van der Waals surface area contributed by atoms with Crippen LogP contribution in [0.5, 0.6) is 5.75 Å². The monoisotopic (exact) mass is 424 g/mol. The molecule has 1 saturated heterocycles. The fourth-order valence-electron chi connectivity index (χ4n) is 3.89. The van der Waals surface area contributed by atoms with E-state index < -0.39 is 0 Å². The number of halogens is 1. The van der Waals surface area contributed by atoms with Gasteiger partial charge in [0.15, 0.2) is 5.78 Å². The summed E-state index contributed by atoms with van der Waals surface area (Å²) in [5.74, 6) is 0.491. The minimum atomic E-state index is -0.273. The molecule has 0 amide bonds. The first-order valence-corrected chi connectivity index (χ1v) is 11.1. The number of nitrogens with zero attached hydrogens (tertiary/aromatic N) is 1. The molecule has 4 nitrogen and oxygen atoms in total. The maximum Gasteiger partial charge on any atom is 0.185 e. The average Bonchev–Trinajstić information content (AvgIpc) is 3.17. The van der Waals surface area contributed by atoms with Crippen LogP contribution in [0.15, 0.2) is 54.6 Å². The van der Waals surface area contributed by atoms with Crippen molar-refractivity contribution in [1.29, 1.82) is 0 Å². The van der Waals surface area contributed by atoms with E-state index in [0.29, 0.717) is 18.1 Å². The van der Waals surface area contributed by atoms with Gasteiger partial charge < -0.3 is 10.1 Å². The molecule has 2 heterocycles. The highest BCUT2D eigenvalue weighted by molar-refractivity contribution is 7.15. The molecule has 6 heteroatoms. The molecule has 30 heavy (non-hydrogen) atoms. The van der Waals surface area contributed by atoms with Crippen LogP contribution < -0.4 is 10.1 Å². The number of piperidine rings is 1. The molecular formula is C24H25FN2O2S. The molecule has 0 radical (unpaired) electrons. The third kappa shape index (κ3) is 4.94. The molecule has 0 spiro atoms. The van der Waals surface area contributed by atoms with Crippen molar-refractivity contribution in [3.63, 3.8) is 0 Å². The lowest BCUT2D eigenvalue weighted by atomic mass is 9.86. The summed E-state index contributed by atoms with van der Waals surface area (Å²) in [7, 11) is 0. The number of aryl methyl sites for hydroxylation is 1. The van der Waals surface area contributed by atoms with Gasteiger partial charge in [-0.1, -0.05) is 30.3 Å². The zero-order chi connectivity index (χ0) is 20.9. The molecule has 2 atom stereocenters. The number of benzene rings is 2. The number of nitrogens with one attached hydrogen (secondary N) is 1. The lowest BCUT2D eigenvalue weighted by Crippen LogP contribution is -2.41. The van der Waals surface area contributed by atoms with E-state index in [9.17, 15) is 9.18 Å². The van der Waals surface area contributed by atoms with Gasteiger partial charge in [0, 0.05) is 12.0 Å². The maximum atomic E-state index is 13.3. The van der Waals surface area contributed by atoms with Crippen molar-refractivity contribution in [2.75, 3.05) is 13.2 Å². The molecule has 2 unspecified atom stereocenters. The van der Waals surface area contributed by atoms with Crippen molar-refractivity contribution in [2.45, 2.75) is 32.2 Å². The fraction of sp³-hybridized carbons (Fsp3) is 0.333. The van der Waals surface area contributed by atoms with Crippen LogP contribution in [0.1, 0.15) is 34.8 Å². The minimum Gasteiger partial charge on any atom is -0.494 e. The summed E-state index contributed by atoms with van der Waals surface area (Å²) < 4.78 is 18.7. The lowest BCUT2D eigenvalue weighted by molar-refractivity contribution is 0.0868. The Labute approximate surface area is 180 Å². The molecule has 2 aromatic carbocycles. The second-order valence-electron chi connectivity index (χ2n) is 7.60. The molecule has 0 bridgehead atoms. The quantitative estimate of drug-likeness (QED) is 0.525. The van der Waals surface area contributed by atoms with E-state index in [1.165, 1.54) is 12.1 Å². The Morgan fingerprint density at radius 2 is 1.97 bits per heavy atom. The first-order chi connectivity index (χ1) is 14.6. The number of hydrogen-bond acceptors (Lipinski definition) is 5. The topological polar surface area (TPSA) is 51.2 Å². The van der Waals surface area contributed by atoms with E-state index in [0.717, 1.165) is 41.3 Å². The molecule has 3 aromatic rings. The summed E-state index contributed by atoms with van der Waals surface area (Å²) in [5, 5.41) is 4.40. The summed E-state index contributed by atoms with van der Waals surface area (Å²) >= 11 is 1.58. The van der Waals surface area contributed by atoms with E-state index in [1.807, 2.05) is 37.3 Å². The second kappa shape index (κ2) is 9.49. The number of carbonyl (C=O) groups is 1. The van der Waals surface area contributed by atoms with Gasteiger partial charge in [0.1, 0.15) is 17.3 Å². The molecule has 1 aliphatic heterocycles. The predicted molar refractivity (Wildman–Crippen MR) is 118 cm³/mol. The smallest absolute Gasteiger partial charge is 0.185 e. The molecule has 4 rings (SSSR count). The molecular weight excluding hydrogens is 399 g/mol. The van der Waals surface area contributed by atoms with Crippen molar-refractivity contribution in [2.24, 2.45) is 5.92 Å². The van der Waals surface area contributed by atoms with E-state index >= 15 is 0 Å².